The van der Waals surface area contributed by atoms with Crippen LogP contribution in [0.1, 0.15) is 20.3 Å². The Bertz CT molecular complexity index is 388. The lowest BCUT2D eigenvalue weighted by atomic mass is 10.2. The first-order valence-corrected chi connectivity index (χ1v) is 4.74. The maximum Gasteiger partial charge on any atom is 0.252 e. The maximum absolute atomic E-state index is 12.7. The summed E-state index contributed by atoms with van der Waals surface area (Å²) < 4.78 is 12.7. The van der Waals surface area contributed by atoms with Crippen LogP contribution in [0.4, 0.5) is 10.2 Å². The molecule has 4 heteroatoms. The number of nitrogens with zero attached hydrogens (tertiary/aromatic N) is 1. The molecule has 0 aliphatic carbocycles. The molecule has 1 N–H and O–H groups in total. The van der Waals surface area contributed by atoms with Gasteiger partial charge in [-0.25, -0.2) is 4.98 Å². The van der Waals surface area contributed by atoms with Crippen molar-refractivity contribution >= 4 is 11.7 Å². The Morgan fingerprint density at radius 2 is 2.33 bits per heavy atom. The van der Waals surface area contributed by atoms with E-state index in [4.69, 9.17) is 0 Å². The second-order valence-electron chi connectivity index (χ2n) is 3.10. The molecule has 1 rings (SSSR count). The molecule has 3 nitrogen and oxygen atoms in total. The lowest BCUT2D eigenvalue weighted by Gasteiger charge is -2.03. The smallest absolute Gasteiger partial charge is 0.252 e. The lowest BCUT2D eigenvalue weighted by molar-refractivity contribution is -0.112. The molecular formula is C11H13FN2O. The van der Waals surface area contributed by atoms with Crippen LogP contribution in [0, 0.1) is 5.95 Å². The van der Waals surface area contributed by atoms with Crippen LogP contribution in [-0.4, -0.2) is 10.9 Å². The average Bonchev–Trinajstić information content (AvgIpc) is 2.18. The van der Waals surface area contributed by atoms with Gasteiger partial charge in [-0.1, -0.05) is 19.1 Å². The quantitative estimate of drug-likeness (QED) is 0.612. The van der Waals surface area contributed by atoms with Crippen LogP contribution < -0.4 is 5.32 Å². The third kappa shape index (κ3) is 3.50. The highest BCUT2D eigenvalue weighted by molar-refractivity contribution is 6.02. The molecule has 0 aliphatic heterocycles. The molecule has 0 atom stereocenters. The molecule has 15 heavy (non-hydrogen) atoms. The minimum atomic E-state index is -0.607. The summed E-state index contributed by atoms with van der Waals surface area (Å²) >= 11 is 0. The van der Waals surface area contributed by atoms with Crippen molar-refractivity contribution in [2.45, 2.75) is 20.3 Å². The predicted octanol–water partition coefficient (Wildman–Crippen LogP) is 2.52. The van der Waals surface area contributed by atoms with Crippen molar-refractivity contribution in [3.63, 3.8) is 0 Å². The molecule has 1 amide bonds. The Kier molecular flexibility index (Phi) is 3.97. The number of rotatable bonds is 3. The van der Waals surface area contributed by atoms with E-state index in [1.807, 2.05) is 6.92 Å². The summed E-state index contributed by atoms with van der Waals surface area (Å²) in [5.41, 5.74) is 0.601. The summed E-state index contributed by atoms with van der Waals surface area (Å²) in [4.78, 5) is 15.0. The van der Waals surface area contributed by atoms with E-state index in [0.717, 1.165) is 6.42 Å². The zero-order valence-corrected chi connectivity index (χ0v) is 8.75. The standard InChI is InChI=1S/C11H13FN2O/c1-3-5-8(2)11(15)14-10-7-4-6-9(12)13-10/h4-7H,3H2,1-2H3,(H,13,14,15)/b8-5-. The minimum absolute atomic E-state index is 0.226. The number of carbonyl (C=O) groups is 1. The molecule has 1 aromatic heterocycles. The van der Waals surface area contributed by atoms with Gasteiger partial charge in [0.1, 0.15) is 5.82 Å². The second-order valence-corrected chi connectivity index (χ2v) is 3.10. The van der Waals surface area contributed by atoms with Gasteiger partial charge < -0.3 is 5.32 Å². The van der Waals surface area contributed by atoms with Crippen LogP contribution >= 0.6 is 0 Å². The second kappa shape index (κ2) is 5.24. The van der Waals surface area contributed by atoms with Gasteiger partial charge in [-0.3, -0.25) is 4.79 Å². The van der Waals surface area contributed by atoms with Crippen molar-refractivity contribution in [3.8, 4) is 0 Å². The van der Waals surface area contributed by atoms with Crippen LogP contribution in [0.2, 0.25) is 0 Å². The summed E-state index contributed by atoms with van der Waals surface area (Å²) in [6.45, 7) is 3.65. The van der Waals surface area contributed by atoms with Crippen LogP contribution in [-0.2, 0) is 4.79 Å². The summed E-state index contributed by atoms with van der Waals surface area (Å²) in [6, 6.07) is 4.27. The minimum Gasteiger partial charge on any atom is -0.307 e. The van der Waals surface area contributed by atoms with Gasteiger partial charge in [-0.15, -0.1) is 0 Å². The van der Waals surface area contributed by atoms with Gasteiger partial charge in [0.15, 0.2) is 0 Å². The highest BCUT2D eigenvalue weighted by atomic mass is 19.1. The van der Waals surface area contributed by atoms with Crippen molar-refractivity contribution < 1.29 is 9.18 Å². The molecular weight excluding hydrogens is 195 g/mol. The van der Waals surface area contributed by atoms with Crippen LogP contribution in [0.3, 0.4) is 0 Å². The molecule has 1 heterocycles. The number of carbonyl (C=O) groups excluding carboxylic acids is 1. The topological polar surface area (TPSA) is 42.0 Å². The monoisotopic (exact) mass is 208 g/mol. The molecule has 0 aliphatic rings. The lowest BCUT2D eigenvalue weighted by Crippen LogP contribution is -2.13. The van der Waals surface area contributed by atoms with Gasteiger partial charge in [0.25, 0.3) is 5.91 Å². The van der Waals surface area contributed by atoms with Crippen LogP contribution in [0.15, 0.2) is 29.8 Å². The van der Waals surface area contributed by atoms with E-state index in [1.54, 1.807) is 19.1 Å². The summed E-state index contributed by atoms with van der Waals surface area (Å²) in [5, 5.41) is 2.51. The SMILES string of the molecule is CC/C=C(/C)C(=O)Nc1cccc(F)n1. The predicted molar refractivity (Wildman–Crippen MR) is 56.9 cm³/mol. The highest BCUT2D eigenvalue weighted by Crippen LogP contribution is 2.06. The van der Waals surface area contributed by atoms with E-state index in [2.05, 4.69) is 10.3 Å². The Morgan fingerprint density at radius 3 is 2.93 bits per heavy atom. The van der Waals surface area contributed by atoms with E-state index in [1.165, 1.54) is 12.1 Å². The first-order valence-electron chi connectivity index (χ1n) is 4.74. The first-order chi connectivity index (χ1) is 7.13. The van der Waals surface area contributed by atoms with Gasteiger partial charge in [0.2, 0.25) is 5.95 Å². The zero-order chi connectivity index (χ0) is 11.3. The maximum atomic E-state index is 12.7. The van der Waals surface area contributed by atoms with Gasteiger partial charge in [-0.05, 0) is 25.5 Å². The largest absolute Gasteiger partial charge is 0.307 e. The van der Waals surface area contributed by atoms with Crippen LogP contribution in [0.25, 0.3) is 0 Å². The third-order valence-corrected chi connectivity index (χ3v) is 1.83. The molecule has 0 aromatic carbocycles. The van der Waals surface area contributed by atoms with E-state index < -0.39 is 5.95 Å². The Hall–Kier alpha value is -1.71. The van der Waals surface area contributed by atoms with E-state index in [0.29, 0.717) is 5.57 Å². The highest BCUT2D eigenvalue weighted by Gasteiger charge is 2.05. The average molecular weight is 208 g/mol. The molecule has 0 saturated heterocycles. The molecule has 0 radical (unpaired) electrons. The number of amides is 1. The van der Waals surface area contributed by atoms with E-state index in [-0.39, 0.29) is 11.7 Å². The van der Waals surface area contributed by atoms with Crippen molar-refractivity contribution in [2.75, 3.05) is 5.32 Å². The fraction of sp³-hybridized carbons (Fsp3) is 0.273. The third-order valence-electron chi connectivity index (χ3n) is 1.83. The van der Waals surface area contributed by atoms with E-state index >= 15 is 0 Å². The first kappa shape index (κ1) is 11.4. The fourth-order valence-corrected chi connectivity index (χ4v) is 1.09. The number of halogens is 1. The number of hydrogen-bond donors (Lipinski definition) is 1. The summed E-state index contributed by atoms with van der Waals surface area (Å²) in [6.07, 6.45) is 2.59. The normalized spacial score (nSPS) is 11.3. The van der Waals surface area contributed by atoms with Crippen molar-refractivity contribution in [3.05, 3.63) is 35.8 Å². The number of anilines is 1. The fourth-order valence-electron chi connectivity index (χ4n) is 1.09. The number of nitrogens with one attached hydrogen (secondary N) is 1. The number of hydrogen-bond acceptors (Lipinski definition) is 2. The Balaban J connectivity index is 2.70. The van der Waals surface area contributed by atoms with Crippen LogP contribution in [0.5, 0.6) is 0 Å². The van der Waals surface area contributed by atoms with Gasteiger partial charge in [-0.2, -0.15) is 4.39 Å². The van der Waals surface area contributed by atoms with Gasteiger partial charge >= 0.3 is 0 Å². The number of aromatic nitrogens is 1. The summed E-state index contributed by atoms with van der Waals surface area (Å²) in [5.74, 6) is -0.635. The van der Waals surface area contributed by atoms with Crippen molar-refractivity contribution in [2.24, 2.45) is 0 Å². The molecule has 1 aromatic rings. The van der Waals surface area contributed by atoms with Gasteiger partial charge in [0, 0.05) is 5.57 Å². The van der Waals surface area contributed by atoms with E-state index in [9.17, 15) is 9.18 Å². The molecule has 0 spiro atoms. The molecule has 0 saturated carbocycles. The van der Waals surface area contributed by atoms with Crippen molar-refractivity contribution in [1.82, 2.24) is 4.98 Å². The molecule has 0 bridgehead atoms. The Morgan fingerprint density at radius 1 is 1.60 bits per heavy atom. The zero-order valence-electron chi connectivity index (χ0n) is 8.75. The number of pyridine rings is 1. The van der Waals surface area contributed by atoms with Crippen molar-refractivity contribution in [1.29, 1.82) is 0 Å². The number of allylic oxidation sites excluding steroid dienone is 1. The van der Waals surface area contributed by atoms with Gasteiger partial charge in [0.05, 0.1) is 0 Å². The molecule has 80 valence electrons. The molecule has 0 unspecified atom stereocenters. The Labute approximate surface area is 88.0 Å². The molecule has 0 fully saturated rings. The summed E-state index contributed by atoms with van der Waals surface area (Å²) in [7, 11) is 0.